The van der Waals surface area contributed by atoms with Gasteiger partial charge in [-0.1, -0.05) is 24.3 Å². The molecule has 18 heavy (non-hydrogen) atoms. The molecule has 4 nitrogen and oxygen atoms in total. The summed E-state index contributed by atoms with van der Waals surface area (Å²) >= 11 is 0. The normalized spacial score (nSPS) is 10.1. The molecule has 2 aromatic rings. The molecule has 92 valence electrons. The second-order valence-corrected chi connectivity index (χ2v) is 3.91. The first-order chi connectivity index (χ1) is 8.66. The van der Waals surface area contributed by atoms with Gasteiger partial charge in [0, 0.05) is 17.3 Å². The Morgan fingerprint density at radius 3 is 2.78 bits per heavy atom. The van der Waals surface area contributed by atoms with Crippen LogP contribution in [-0.2, 0) is 11.2 Å². The summed E-state index contributed by atoms with van der Waals surface area (Å²) in [6, 6.07) is 10.8. The van der Waals surface area contributed by atoms with Crippen LogP contribution in [0.2, 0.25) is 0 Å². The van der Waals surface area contributed by atoms with Gasteiger partial charge in [-0.15, -0.1) is 0 Å². The van der Waals surface area contributed by atoms with Crippen molar-refractivity contribution in [2.45, 2.75) is 13.3 Å². The number of rotatable bonds is 4. The molecule has 0 saturated carbocycles. The van der Waals surface area contributed by atoms with Crippen LogP contribution in [0.3, 0.4) is 0 Å². The van der Waals surface area contributed by atoms with Crippen molar-refractivity contribution in [3.63, 3.8) is 0 Å². The molecule has 0 bridgehead atoms. The number of pyridine rings is 1. The van der Waals surface area contributed by atoms with Crippen LogP contribution in [0.25, 0.3) is 0 Å². The Labute approximate surface area is 105 Å². The maximum atomic E-state index is 10.8. The highest BCUT2D eigenvalue weighted by Crippen LogP contribution is 2.26. The molecular formula is C14H13NO3. The van der Waals surface area contributed by atoms with Gasteiger partial charge in [0.1, 0.15) is 5.75 Å². The van der Waals surface area contributed by atoms with Gasteiger partial charge in [-0.25, -0.2) is 4.98 Å². The molecule has 1 aromatic heterocycles. The van der Waals surface area contributed by atoms with Crippen molar-refractivity contribution in [1.29, 1.82) is 0 Å². The number of aromatic nitrogens is 1. The van der Waals surface area contributed by atoms with Gasteiger partial charge in [0.05, 0.1) is 6.42 Å². The van der Waals surface area contributed by atoms with E-state index in [1.165, 1.54) is 0 Å². The van der Waals surface area contributed by atoms with Crippen LogP contribution in [0.1, 0.15) is 11.1 Å². The molecule has 0 aliphatic carbocycles. The number of para-hydroxylation sites is 1. The van der Waals surface area contributed by atoms with E-state index >= 15 is 0 Å². The van der Waals surface area contributed by atoms with Crippen LogP contribution in [0.15, 0.2) is 42.6 Å². The third kappa shape index (κ3) is 2.85. The number of ether oxygens (including phenoxy) is 1. The fourth-order valence-corrected chi connectivity index (χ4v) is 1.59. The summed E-state index contributed by atoms with van der Waals surface area (Å²) in [7, 11) is 0. The Bertz CT molecular complexity index is 566. The van der Waals surface area contributed by atoms with Crippen molar-refractivity contribution in [1.82, 2.24) is 4.98 Å². The molecular weight excluding hydrogens is 230 g/mol. The summed E-state index contributed by atoms with van der Waals surface area (Å²) in [5.74, 6) is 0.140. The first-order valence-corrected chi connectivity index (χ1v) is 5.56. The lowest BCUT2D eigenvalue weighted by Gasteiger charge is -2.10. The van der Waals surface area contributed by atoms with E-state index in [4.69, 9.17) is 9.84 Å². The van der Waals surface area contributed by atoms with E-state index in [-0.39, 0.29) is 6.42 Å². The quantitative estimate of drug-likeness (QED) is 0.897. The lowest BCUT2D eigenvalue weighted by Crippen LogP contribution is -2.02. The molecule has 1 heterocycles. The highest BCUT2D eigenvalue weighted by atomic mass is 16.5. The van der Waals surface area contributed by atoms with E-state index in [9.17, 15) is 4.79 Å². The number of nitrogens with zero attached hydrogens (tertiary/aromatic N) is 1. The van der Waals surface area contributed by atoms with Crippen molar-refractivity contribution in [2.75, 3.05) is 0 Å². The van der Waals surface area contributed by atoms with E-state index in [1.807, 2.05) is 19.1 Å². The van der Waals surface area contributed by atoms with Gasteiger partial charge >= 0.3 is 5.97 Å². The SMILES string of the molecule is Cc1cccnc1Oc1ccccc1CC(=O)O. The van der Waals surface area contributed by atoms with E-state index < -0.39 is 5.97 Å². The molecule has 0 aliphatic rings. The molecule has 1 N–H and O–H groups in total. The summed E-state index contributed by atoms with van der Waals surface area (Å²) in [4.78, 5) is 14.9. The first-order valence-electron chi connectivity index (χ1n) is 5.56. The number of hydrogen-bond donors (Lipinski definition) is 1. The summed E-state index contributed by atoms with van der Waals surface area (Å²) in [6.45, 7) is 1.89. The maximum Gasteiger partial charge on any atom is 0.307 e. The Hall–Kier alpha value is -2.36. The molecule has 0 saturated heterocycles. The van der Waals surface area contributed by atoms with E-state index in [2.05, 4.69) is 4.98 Å². The zero-order chi connectivity index (χ0) is 13.0. The number of hydrogen-bond acceptors (Lipinski definition) is 3. The van der Waals surface area contributed by atoms with Crippen molar-refractivity contribution >= 4 is 5.97 Å². The molecule has 0 unspecified atom stereocenters. The van der Waals surface area contributed by atoms with Crippen molar-refractivity contribution < 1.29 is 14.6 Å². The Balaban J connectivity index is 2.29. The number of aryl methyl sites for hydroxylation is 1. The minimum absolute atomic E-state index is 0.0674. The van der Waals surface area contributed by atoms with Gasteiger partial charge in [-0.3, -0.25) is 4.79 Å². The van der Waals surface area contributed by atoms with Crippen LogP contribution in [-0.4, -0.2) is 16.1 Å². The fraction of sp³-hybridized carbons (Fsp3) is 0.143. The number of carbonyl (C=O) groups is 1. The minimum atomic E-state index is -0.885. The van der Waals surface area contributed by atoms with Gasteiger partial charge in [0.25, 0.3) is 0 Å². The lowest BCUT2D eigenvalue weighted by atomic mass is 10.1. The number of carboxylic acid groups (broad SMARTS) is 1. The molecule has 0 aliphatic heterocycles. The first kappa shape index (κ1) is 12.1. The molecule has 4 heteroatoms. The van der Waals surface area contributed by atoms with E-state index in [0.29, 0.717) is 17.2 Å². The van der Waals surface area contributed by atoms with Crippen LogP contribution in [0, 0.1) is 6.92 Å². The summed E-state index contributed by atoms with van der Waals surface area (Å²) < 4.78 is 5.67. The standard InChI is InChI=1S/C14H13NO3/c1-10-5-4-8-15-14(10)18-12-7-3-2-6-11(12)9-13(16)17/h2-8H,9H2,1H3,(H,16,17). The topological polar surface area (TPSA) is 59.4 Å². The van der Waals surface area contributed by atoms with Gasteiger partial charge in [0.15, 0.2) is 0 Å². The van der Waals surface area contributed by atoms with Crippen molar-refractivity contribution in [3.05, 3.63) is 53.7 Å². The molecule has 0 fully saturated rings. The van der Waals surface area contributed by atoms with E-state index in [0.717, 1.165) is 5.56 Å². The third-order valence-electron chi connectivity index (χ3n) is 2.48. The second-order valence-electron chi connectivity index (χ2n) is 3.91. The molecule has 0 atom stereocenters. The average Bonchev–Trinajstić information content (AvgIpc) is 2.34. The summed E-state index contributed by atoms with van der Waals surface area (Å²) in [6.07, 6.45) is 1.57. The Kier molecular flexibility index (Phi) is 3.57. The smallest absolute Gasteiger partial charge is 0.307 e. The third-order valence-corrected chi connectivity index (χ3v) is 2.48. The van der Waals surface area contributed by atoms with Gasteiger partial charge < -0.3 is 9.84 Å². The van der Waals surface area contributed by atoms with Crippen molar-refractivity contribution in [3.8, 4) is 11.6 Å². The van der Waals surface area contributed by atoms with Crippen LogP contribution < -0.4 is 4.74 Å². The molecule has 0 radical (unpaired) electrons. The van der Waals surface area contributed by atoms with Crippen LogP contribution >= 0.6 is 0 Å². The van der Waals surface area contributed by atoms with Gasteiger partial charge in [-0.05, 0) is 19.1 Å². The maximum absolute atomic E-state index is 10.8. The van der Waals surface area contributed by atoms with E-state index in [1.54, 1.807) is 30.5 Å². The minimum Gasteiger partial charge on any atom is -0.481 e. The number of aliphatic carboxylic acids is 1. The highest BCUT2D eigenvalue weighted by molar-refractivity contribution is 5.71. The van der Waals surface area contributed by atoms with Gasteiger partial charge in [0.2, 0.25) is 5.88 Å². The number of benzene rings is 1. The lowest BCUT2D eigenvalue weighted by molar-refractivity contribution is -0.136. The Morgan fingerprint density at radius 2 is 2.06 bits per heavy atom. The van der Waals surface area contributed by atoms with Crippen molar-refractivity contribution in [2.24, 2.45) is 0 Å². The Morgan fingerprint density at radius 1 is 1.28 bits per heavy atom. The summed E-state index contributed by atoms with van der Waals surface area (Å²) in [5, 5.41) is 8.84. The summed E-state index contributed by atoms with van der Waals surface area (Å²) in [5.41, 5.74) is 1.54. The zero-order valence-corrected chi connectivity index (χ0v) is 9.96. The highest BCUT2D eigenvalue weighted by Gasteiger charge is 2.09. The van der Waals surface area contributed by atoms with Crippen LogP contribution in [0.4, 0.5) is 0 Å². The van der Waals surface area contributed by atoms with Gasteiger partial charge in [-0.2, -0.15) is 0 Å². The van der Waals surface area contributed by atoms with Crippen LogP contribution in [0.5, 0.6) is 11.6 Å². The molecule has 1 aromatic carbocycles. The second kappa shape index (κ2) is 5.31. The average molecular weight is 243 g/mol. The largest absolute Gasteiger partial charge is 0.481 e. The number of carboxylic acids is 1. The monoisotopic (exact) mass is 243 g/mol. The zero-order valence-electron chi connectivity index (χ0n) is 9.96. The fourth-order valence-electron chi connectivity index (χ4n) is 1.59. The molecule has 2 rings (SSSR count). The predicted octanol–water partition coefficient (Wildman–Crippen LogP) is 2.81. The molecule has 0 amide bonds. The molecule has 0 spiro atoms. The predicted molar refractivity (Wildman–Crippen MR) is 66.8 cm³/mol.